The van der Waals surface area contributed by atoms with E-state index in [-0.39, 0.29) is 18.4 Å². The number of anilines is 1. The summed E-state index contributed by atoms with van der Waals surface area (Å²) >= 11 is 0. The van der Waals surface area contributed by atoms with Crippen LogP contribution >= 0.6 is 0 Å². The van der Waals surface area contributed by atoms with Crippen molar-refractivity contribution in [1.29, 1.82) is 0 Å². The number of piperidine rings is 1. The molecule has 28 heavy (non-hydrogen) atoms. The second-order valence-corrected chi connectivity index (χ2v) is 7.26. The number of likely N-dealkylation sites (tertiary alicyclic amines) is 1. The van der Waals surface area contributed by atoms with Gasteiger partial charge in [-0.2, -0.15) is 0 Å². The first-order valence-corrected chi connectivity index (χ1v) is 9.38. The number of fused-ring (bicyclic) bond motifs is 2. The number of aromatic amines is 1. The van der Waals surface area contributed by atoms with Crippen molar-refractivity contribution in [2.75, 3.05) is 39.1 Å². The lowest BCUT2D eigenvalue weighted by Crippen LogP contribution is -2.59. The molecule has 9 heteroatoms. The number of nitrogens with two attached hydrogens (primary N) is 1. The third kappa shape index (κ3) is 3.01. The molecule has 2 aromatic heterocycles. The van der Waals surface area contributed by atoms with Crippen LogP contribution in [0.5, 0.6) is 0 Å². The molecule has 1 saturated heterocycles. The molecule has 4 rings (SSSR count). The van der Waals surface area contributed by atoms with Crippen LogP contribution in [0, 0.1) is 0 Å². The van der Waals surface area contributed by atoms with Crippen LogP contribution < -0.4 is 5.73 Å². The van der Waals surface area contributed by atoms with Crippen molar-refractivity contribution in [2.24, 2.45) is 0 Å². The molecule has 2 amide bonds. The predicted molar refractivity (Wildman–Crippen MR) is 101 cm³/mol. The summed E-state index contributed by atoms with van der Waals surface area (Å²) in [6.45, 7) is 1.68. The molecule has 3 N–H and O–H groups in total. The second kappa shape index (κ2) is 7.23. The maximum atomic E-state index is 12.8. The van der Waals surface area contributed by atoms with Crippen LogP contribution in [0.2, 0.25) is 0 Å². The smallest absolute Gasteiger partial charge is 0.272 e. The van der Waals surface area contributed by atoms with Crippen molar-refractivity contribution in [1.82, 2.24) is 24.8 Å². The lowest BCUT2D eigenvalue weighted by Gasteiger charge is -2.50. The van der Waals surface area contributed by atoms with Gasteiger partial charge in [0.1, 0.15) is 12.3 Å². The van der Waals surface area contributed by atoms with Crippen LogP contribution in [0.25, 0.3) is 0 Å². The fourth-order valence-corrected chi connectivity index (χ4v) is 4.36. The molecule has 2 aliphatic heterocycles. The normalized spacial score (nSPS) is 18.2. The Balaban J connectivity index is 1.58. The summed E-state index contributed by atoms with van der Waals surface area (Å²) in [7, 11) is 1.52. The molecule has 0 aromatic carbocycles. The summed E-state index contributed by atoms with van der Waals surface area (Å²) in [5.74, 6) is -0.191. The van der Waals surface area contributed by atoms with Gasteiger partial charge in [-0.3, -0.25) is 14.6 Å². The first kappa shape index (κ1) is 18.4. The lowest BCUT2D eigenvalue weighted by atomic mass is 9.78. The van der Waals surface area contributed by atoms with Crippen LogP contribution in [0.1, 0.15) is 34.7 Å². The van der Waals surface area contributed by atoms with E-state index < -0.39 is 5.54 Å². The zero-order valence-corrected chi connectivity index (χ0v) is 15.9. The molecule has 2 aliphatic rings. The zero-order valence-electron chi connectivity index (χ0n) is 15.9. The van der Waals surface area contributed by atoms with E-state index in [1.54, 1.807) is 23.4 Å². The fraction of sp³-hybridized carbons (Fsp3) is 0.474. The highest BCUT2D eigenvalue weighted by molar-refractivity contribution is 5.93. The van der Waals surface area contributed by atoms with E-state index in [0.717, 1.165) is 17.8 Å². The summed E-state index contributed by atoms with van der Waals surface area (Å²) in [5.41, 5.74) is 8.10. The van der Waals surface area contributed by atoms with Crippen molar-refractivity contribution in [3.05, 3.63) is 41.7 Å². The summed E-state index contributed by atoms with van der Waals surface area (Å²) < 4.78 is 5.08. The number of nitrogens with zero attached hydrogens (tertiary/aromatic N) is 4. The highest BCUT2D eigenvalue weighted by atomic mass is 16.5. The quantitative estimate of drug-likeness (QED) is 0.798. The van der Waals surface area contributed by atoms with Crippen molar-refractivity contribution < 1.29 is 14.3 Å². The Morgan fingerprint density at radius 2 is 2.07 bits per heavy atom. The van der Waals surface area contributed by atoms with E-state index in [1.807, 2.05) is 4.90 Å². The number of ether oxygens (including phenoxy) is 1. The van der Waals surface area contributed by atoms with Gasteiger partial charge < -0.3 is 25.3 Å². The number of H-pyrrole nitrogens is 1. The number of pyridine rings is 1. The molecule has 0 radical (unpaired) electrons. The van der Waals surface area contributed by atoms with Crippen LogP contribution in [0.4, 0.5) is 5.69 Å². The minimum Gasteiger partial charge on any atom is -0.399 e. The van der Waals surface area contributed by atoms with Crippen LogP contribution in [-0.4, -0.2) is 69.9 Å². The van der Waals surface area contributed by atoms with Crippen LogP contribution in [-0.2, 0) is 21.5 Å². The van der Waals surface area contributed by atoms with E-state index in [1.165, 1.54) is 13.3 Å². The zero-order chi connectivity index (χ0) is 19.7. The number of aromatic nitrogens is 3. The minimum atomic E-state index is -0.511. The molecule has 0 aliphatic carbocycles. The minimum absolute atomic E-state index is 0.0391. The van der Waals surface area contributed by atoms with Crippen molar-refractivity contribution in [2.45, 2.75) is 24.8 Å². The highest BCUT2D eigenvalue weighted by Gasteiger charge is 2.49. The molecule has 2 aromatic rings. The van der Waals surface area contributed by atoms with E-state index in [0.29, 0.717) is 43.9 Å². The number of hydrogen-bond donors (Lipinski definition) is 2. The summed E-state index contributed by atoms with van der Waals surface area (Å²) in [6.07, 6.45) is 5.20. The molecule has 0 atom stereocenters. The van der Waals surface area contributed by atoms with Gasteiger partial charge in [-0.1, -0.05) is 0 Å². The fourth-order valence-electron chi connectivity index (χ4n) is 4.36. The van der Waals surface area contributed by atoms with Crippen molar-refractivity contribution in [3.63, 3.8) is 0 Å². The third-order valence-electron chi connectivity index (χ3n) is 5.71. The van der Waals surface area contributed by atoms with Crippen LogP contribution in [0.3, 0.4) is 0 Å². The average Bonchev–Trinajstić information content (AvgIpc) is 3.18. The number of methoxy groups -OCH3 is 1. The number of imidazole rings is 1. The Morgan fingerprint density at radius 3 is 2.79 bits per heavy atom. The number of amides is 2. The number of carbonyl (C=O) groups excluding carboxylic acids is 2. The largest absolute Gasteiger partial charge is 0.399 e. The standard InChI is InChI=1S/C19H24N6O3/c1-28-11-16(26)25-7-3-14-17(23-12-22-14)19(25)4-8-24(9-5-19)18(27)15-10-13(20)2-6-21-15/h2,6,10,12H,3-5,7-9,11H2,1H3,(H2,20,21)(H,22,23). The first-order chi connectivity index (χ1) is 13.5. The van der Waals surface area contributed by atoms with Crippen LogP contribution in [0.15, 0.2) is 24.7 Å². The van der Waals surface area contributed by atoms with E-state index in [2.05, 4.69) is 15.0 Å². The molecular formula is C19H24N6O3. The Bertz CT molecular complexity index is 887. The van der Waals surface area contributed by atoms with Gasteiger partial charge in [-0.05, 0) is 25.0 Å². The topological polar surface area (TPSA) is 117 Å². The molecule has 148 valence electrons. The number of rotatable bonds is 3. The summed E-state index contributed by atoms with van der Waals surface area (Å²) in [5, 5.41) is 0. The molecule has 1 fully saturated rings. The number of hydrogen-bond acceptors (Lipinski definition) is 6. The maximum Gasteiger partial charge on any atom is 0.272 e. The molecular weight excluding hydrogens is 360 g/mol. The van der Waals surface area contributed by atoms with E-state index in [9.17, 15) is 9.59 Å². The number of carbonyl (C=O) groups is 2. The first-order valence-electron chi connectivity index (χ1n) is 9.38. The van der Waals surface area contributed by atoms with Gasteiger partial charge in [0.25, 0.3) is 5.91 Å². The lowest BCUT2D eigenvalue weighted by molar-refractivity contribution is -0.145. The average molecular weight is 384 g/mol. The monoisotopic (exact) mass is 384 g/mol. The molecule has 0 saturated carbocycles. The van der Waals surface area contributed by atoms with Gasteiger partial charge in [0.2, 0.25) is 5.91 Å². The van der Waals surface area contributed by atoms with Gasteiger partial charge in [0.05, 0.1) is 17.6 Å². The Morgan fingerprint density at radius 1 is 1.29 bits per heavy atom. The van der Waals surface area contributed by atoms with Crippen molar-refractivity contribution in [3.8, 4) is 0 Å². The maximum absolute atomic E-state index is 12.8. The summed E-state index contributed by atoms with van der Waals surface area (Å²) in [6, 6.07) is 3.25. The van der Waals surface area contributed by atoms with Gasteiger partial charge in [-0.25, -0.2) is 4.98 Å². The van der Waals surface area contributed by atoms with Gasteiger partial charge in [0.15, 0.2) is 0 Å². The van der Waals surface area contributed by atoms with Gasteiger partial charge in [-0.15, -0.1) is 0 Å². The SMILES string of the molecule is COCC(=O)N1CCc2[nH]cnc2C12CCN(C(=O)c1cc(N)ccn1)CC2. The van der Waals surface area contributed by atoms with E-state index >= 15 is 0 Å². The van der Waals surface area contributed by atoms with Crippen molar-refractivity contribution >= 4 is 17.5 Å². The van der Waals surface area contributed by atoms with Gasteiger partial charge >= 0.3 is 0 Å². The molecule has 0 unspecified atom stereocenters. The highest BCUT2D eigenvalue weighted by Crippen LogP contribution is 2.42. The Hall–Kier alpha value is -2.94. The van der Waals surface area contributed by atoms with E-state index in [4.69, 9.17) is 10.5 Å². The number of nitrogens with one attached hydrogen (secondary N) is 1. The predicted octanol–water partition coefficient (Wildman–Crippen LogP) is 0.550. The number of nitrogen functional groups attached to an aromatic ring is 1. The molecule has 1 spiro atoms. The Labute approximate surface area is 162 Å². The third-order valence-corrected chi connectivity index (χ3v) is 5.71. The molecule has 0 bridgehead atoms. The Kier molecular flexibility index (Phi) is 4.76. The molecule has 4 heterocycles. The second-order valence-electron chi connectivity index (χ2n) is 7.26. The summed E-state index contributed by atoms with van der Waals surface area (Å²) in [4.78, 5) is 41.1. The molecule has 9 nitrogen and oxygen atoms in total. The van der Waals surface area contributed by atoms with Gasteiger partial charge in [0, 0.05) is 50.7 Å².